The number of nitrogens with one attached hydrogen (secondary N) is 1. The van der Waals surface area contributed by atoms with Gasteiger partial charge in [0.1, 0.15) is 5.58 Å². The van der Waals surface area contributed by atoms with Crippen molar-refractivity contribution in [1.29, 1.82) is 0 Å². The Hall–Kier alpha value is -1.29. The number of amides is 1. The third-order valence-corrected chi connectivity index (χ3v) is 5.27. The Labute approximate surface area is 133 Å². The van der Waals surface area contributed by atoms with Gasteiger partial charge in [0, 0.05) is 17.3 Å². The molecule has 1 heterocycles. The van der Waals surface area contributed by atoms with Crippen molar-refractivity contribution in [3.63, 3.8) is 0 Å². The fourth-order valence-electron chi connectivity index (χ4n) is 3.16. The van der Waals surface area contributed by atoms with Crippen molar-refractivity contribution in [2.75, 3.05) is 11.9 Å². The molecular formula is C17H20BrNO2. The molecule has 0 spiro atoms. The van der Waals surface area contributed by atoms with E-state index in [4.69, 9.17) is 4.42 Å². The number of alkyl halides is 1. The summed E-state index contributed by atoms with van der Waals surface area (Å²) in [5.74, 6) is 1.55. The van der Waals surface area contributed by atoms with Gasteiger partial charge in [0.15, 0.2) is 5.76 Å². The second kappa shape index (κ2) is 6.65. The van der Waals surface area contributed by atoms with Crippen molar-refractivity contribution in [3.05, 3.63) is 36.1 Å². The van der Waals surface area contributed by atoms with Crippen molar-refractivity contribution < 1.29 is 9.21 Å². The summed E-state index contributed by atoms with van der Waals surface area (Å²) in [5, 5.41) is 5.04. The number of furan rings is 1. The molecule has 2 unspecified atom stereocenters. The predicted molar refractivity (Wildman–Crippen MR) is 87.8 cm³/mol. The maximum absolute atomic E-state index is 12.2. The highest BCUT2D eigenvalue weighted by molar-refractivity contribution is 9.09. The molecule has 1 aliphatic carbocycles. The van der Waals surface area contributed by atoms with Gasteiger partial charge in [0.2, 0.25) is 0 Å². The molecule has 1 aliphatic rings. The van der Waals surface area contributed by atoms with Gasteiger partial charge >= 0.3 is 0 Å². The summed E-state index contributed by atoms with van der Waals surface area (Å²) in [6.07, 6.45) is 5.05. The minimum Gasteiger partial charge on any atom is -0.451 e. The van der Waals surface area contributed by atoms with Crippen LogP contribution in [0.25, 0.3) is 11.0 Å². The minimum absolute atomic E-state index is 0.106. The first kappa shape index (κ1) is 14.6. The molecule has 1 fully saturated rings. The summed E-state index contributed by atoms with van der Waals surface area (Å²) in [7, 11) is 0. The van der Waals surface area contributed by atoms with Crippen LogP contribution in [0.15, 0.2) is 34.7 Å². The monoisotopic (exact) mass is 349 g/mol. The maximum Gasteiger partial charge on any atom is 0.287 e. The average molecular weight is 350 g/mol. The van der Waals surface area contributed by atoms with Crippen molar-refractivity contribution >= 4 is 32.8 Å². The van der Waals surface area contributed by atoms with Crippen LogP contribution >= 0.6 is 15.9 Å². The Balaban J connectivity index is 1.63. The number of carbonyl (C=O) groups excluding carboxylic acids is 1. The van der Waals surface area contributed by atoms with Gasteiger partial charge in [0.05, 0.1) is 0 Å². The van der Waals surface area contributed by atoms with Gasteiger partial charge in [-0.3, -0.25) is 4.79 Å². The van der Waals surface area contributed by atoms with Crippen LogP contribution in [-0.2, 0) is 0 Å². The second-order valence-corrected chi connectivity index (χ2v) is 6.46. The van der Waals surface area contributed by atoms with Gasteiger partial charge in [-0.2, -0.15) is 0 Å². The van der Waals surface area contributed by atoms with Crippen molar-refractivity contribution in [2.24, 2.45) is 11.8 Å². The zero-order valence-corrected chi connectivity index (χ0v) is 13.6. The molecule has 112 valence electrons. The van der Waals surface area contributed by atoms with E-state index in [2.05, 4.69) is 21.2 Å². The third-order valence-electron chi connectivity index (χ3n) is 4.44. The van der Waals surface area contributed by atoms with E-state index in [1.807, 2.05) is 30.3 Å². The van der Waals surface area contributed by atoms with E-state index in [0.29, 0.717) is 17.6 Å². The van der Waals surface area contributed by atoms with Crippen LogP contribution in [0.2, 0.25) is 0 Å². The van der Waals surface area contributed by atoms with Gasteiger partial charge in [0.25, 0.3) is 5.91 Å². The zero-order chi connectivity index (χ0) is 14.7. The van der Waals surface area contributed by atoms with Crippen molar-refractivity contribution in [2.45, 2.75) is 25.7 Å². The van der Waals surface area contributed by atoms with E-state index >= 15 is 0 Å². The van der Waals surface area contributed by atoms with Crippen LogP contribution in [0.1, 0.15) is 36.2 Å². The van der Waals surface area contributed by atoms with E-state index in [-0.39, 0.29) is 5.91 Å². The predicted octanol–water partition coefficient (Wildman–Crippen LogP) is 4.36. The molecule has 2 aromatic rings. The molecule has 0 bridgehead atoms. The molecule has 0 radical (unpaired) electrons. The molecule has 1 aromatic heterocycles. The molecule has 0 saturated heterocycles. The minimum atomic E-state index is -0.106. The lowest BCUT2D eigenvalue weighted by molar-refractivity contribution is 0.0911. The molecule has 1 N–H and O–H groups in total. The normalized spacial score (nSPS) is 22.3. The van der Waals surface area contributed by atoms with Crippen LogP contribution in [0.4, 0.5) is 0 Å². The quantitative estimate of drug-likeness (QED) is 0.833. The average Bonchev–Trinajstić information content (AvgIpc) is 2.97. The molecule has 2 atom stereocenters. The first-order valence-corrected chi connectivity index (χ1v) is 8.73. The molecule has 0 aliphatic heterocycles. The first-order valence-electron chi connectivity index (χ1n) is 7.60. The van der Waals surface area contributed by atoms with Gasteiger partial charge < -0.3 is 9.73 Å². The Morgan fingerprint density at radius 2 is 2.00 bits per heavy atom. The number of halogens is 1. The Bertz CT molecular complexity index is 589. The lowest BCUT2D eigenvalue weighted by Crippen LogP contribution is -2.34. The van der Waals surface area contributed by atoms with E-state index in [0.717, 1.165) is 22.8 Å². The van der Waals surface area contributed by atoms with Crippen LogP contribution in [-0.4, -0.2) is 17.8 Å². The number of hydrogen-bond donors (Lipinski definition) is 1. The van der Waals surface area contributed by atoms with Crippen LogP contribution in [0, 0.1) is 11.8 Å². The zero-order valence-electron chi connectivity index (χ0n) is 12.0. The number of fused-ring (bicyclic) bond motifs is 1. The molecular weight excluding hydrogens is 330 g/mol. The second-order valence-electron chi connectivity index (χ2n) is 5.82. The Morgan fingerprint density at radius 3 is 2.76 bits per heavy atom. The highest BCUT2D eigenvalue weighted by atomic mass is 79.9. The largest absolute Gasteiger partial charge is 0.451 e. The molecule has 3 rings (SSSR count). The summed E-state index contributed by atoms with van der Waals surface area (Å²) in [6, 6.07) is 9.51. The molecule has 21 heavy (non-hydrogen) atoms. The number of hydrogen-bond acceptors (Lipinski definition) is 2. The number of rotatable bonds is 4. The third kappa shape index (κ3) is 3.31. The van der Waals surface area contributed by atoms with Crippen LogP contribution in [0.5, 0.6) is 0 Å². The molecule has 1 saturated carbocycles. The Morgan fingerprint density at radius 1 is 1.24 bits per heavy atom. The van der Waals surface area contributed by atoms with E-state index in [1.165, 1.54) is 25.7 Å². The van der Waals surface area contributed by atoms with Crippen LogP contribution in [0.3, 0.4) is 0 Å². The van der Waals surface area contributed by atoms with E-state index < -0.39 is 0 Å². The number of carbonyl (C=O) groups is 1. The van der Waals surface area contributed by atoms with Crippen molar-refractivity contribution in [1.82, 2.24) is 5.32 Å². The highest BCUT2D eigenvalue weighted by Gasteiger charge is 2.25. The topological polar surface area (TPSA) is 42.2 Å². The van der Waals surface area contributed by atoms with Gasteiger partial charge in [-0.1, -0.05) is 47.0 Å². The Kier molecular flexibility index (Phi) is 4.63. The van der Waals surface area contributed by atoms with Gasteiger partial charge in [-0.05, 0) is 36.8 Å². The SMILES string of the molecule is O=C(NCC1CCCCC1CBr)c1cc2ccccc2o1. The summed E-state index contributed by atoms with van der Waals surface area (Å²) in [4.78, 5) is 12.2. The summed E-state index contributed by atoms with van der Waals surface area (Å²) in [5.41, 5.74) is 0.763. The van der Waals surface area contributed by atoms with Crippen molar-refractivity contribution in [3.8, 4) is 0 Å². The molecule has 4 heteroatoms. The molecule has 3 nitrogen and oxygen atoms in total. The lowest BCUT2D eigenvalue weighted by atomic mass is 9.80. The smallest absolute Gasteiger partial charge is 0.287 e. The number of para-hydroxylation sites is 1. The summed E-state index contributed by atoms with van der Waals surface area (Å²) < 4.78 is 5.60. The van der Waals surface area contributed by atoms with Crippen LogP contribution < -0.4 is 5.32 Å². The van der Waals surface area contributed by atoms with E-state index in [9.17, 15) is 4.79 Å². The fraction of sp³-hybridized carbons (Fsp3) is 0.471. The van der Waals surface area contributed by atoms with Gasteiger partial charge in [-0.15, -0.1) is 0 Å². The highest BCUT2D eigenvalue weighted by Crippen LogP contribution is 2.30. The molecule has 1 aromatic carbocycles. The fourth-order valence-corrected chi connectivity index (χ4v) is 4.01. The lowest BCUT2D eigenvalue weighted by Gasteiger charge is -2.30. The summed E-state index contributed by atoms with van der Waals surface area (Å²) in [6.45, 7) is 0.742. The maximum atomic E-state index is 12.2. The standard InChI is InChI=1S/C17H20BrNO2/c18-10-13-6-1-2-7-14(13)11-19-17(20)16-9-12-5-3-4-8-15(12)21-16/h3-5,8-9,13-14H,1-2,6-7,10-11H2,(H,19,20). The summed E-state index contributed by atoms with van der Waals surface area (Å²) >= 11 is 3.60. The van der Waals surface area contributed by atoms with E-state index in [1.54, 1.807) is 0 Å². The first-order chi connectivity index (χ1) is 10.3. The molecule has 1 amide bonds. The van der Waals surface area contributed by atoms with Gasteiger partial charge in [-0.25, -0.2) is 0 Å². The number of benzene rings is 1.